The van der Waals surface area contributed by atoms with E-state index in [0.29, 0.717) is 12.1 Å². The van der Waals surface area contributed by atoms with Crippen molar-refractivity contribution < 1.29 is 0 Å². The predicted molar refractivity (Wildman–Crippen MR) is 88.5 cm³/mol. The van der Waals surface area contributed by atoms with Gasteiger partial charge < -0.3 is 11.1 Å². The smallest absolute Gasteiger partial charge is 0.0438 e. The third-order valence-electron chi connectivity index (χ3n) is 4.23. The zero-order valence-electron chi connectivity index (χ0n) is 12.2. The van der Waals surface area contributed by atoms with Crippen LogP contribution in [0.25, 0.3) is 0 Å². The van der Waals surface area contributed by atoms with E-state index >= 15 is 0 Å². The lowest BCUT2D eigenvalue weighted by molar-refractivity contribution is 0.435. The minimum absolute atomic E-state index is 0.145. The highest BCUT2D eigenvalue weighted by molar-refractivity contribution is 6.31. The minimum Gasteiger partial charge on any atom is -0.324 e. The van der Waals surface area contributed by atoms with Crippen LogP contribution >= 0.6 is 11.6 Å². The van der Waals surface area contributed by atoms with Gasteiger partial charge >= 0.3 is 0 Å². The van der Waals surface area contributed by atoms with Crippen LogP contribution in [0.4, 0.5) is 0 Å². The molecule has 1 aliphatic rings. The molecule has 0 heterocycles. The Morgan fingerprint density at radius 3 is 2.57 bits per heavy atom. The molecule has 0 saturated heterocycles. The molecule has 2 aromatic rings. The fourth-order valence-corrected chi connectivity index (χ4v) is 3.44. The number of fused-ring (bicyclic) bond motifs is 1. The lowest BCUT2D eigenvalue weighted by atomic mass is 10.0. The molecule has 3 N–H and O–H groups in total. The van der Waals surface area contributed by atoms with Gasteiger partial charge in [0.2, 0.25) is 0 Å². The lowest BCUT2D eigenvalue weighted by Crippen LogP contribution is -2.31. The number of nitrogens with one attached hydrogen (secondary N) is 1. The molecule has 3 unspecified atom stereocenters. The van der Waals surface area contributed by atoms with E-state index in [1.807, 2.05) is 18.2 Å². The normalized spacial score (nSPS) is 22.0. The van der Waals surface area contributed by atoms with Gasteiger partial charge in [-0.2, -0.15) is 0 Å². The van der Waals surface area contributed by atoms with Crippen molar-refractivity contribution in [3.05, 3.63) is 70.2 Å². The van der Waals surface area contributed by atoms with Gasteiger partial charge in [0, 0.05) is 23.1 Å². The van der Waals surface area contributed by atoms with Gasteiger partial charge in [0.1, 0.15) is 0 Å². The SMILES string of the molecule is CC(Cc1ccccc1Cl)NC1CC(N)c2ccccc21. The molecular weight excluding hydrogens is 280 g/mol. The highest BCUT2D eigenvalue weighted by atomic mass is 35.5. The summed E-state index contributed by atoms with van der Waals surface area (Å²) in [6, 6.07) is 17.4. The van der Waals surface area contributed by atoms with Crippen LogP contribution in [0.3, 0.4) is 0 Å². The standard InChI is InChI=1S/C18H21ClN2/c1-12(10-13-6-2-5-9-16(13)19)21-18-11-17(20)14-7-3-4-8-15(14)18/h2-9,12,17-18,21H,10-11,20H2,1H3. The first-order valence-corrected chi connectivity index (χ1v) is 7.87. The van der Waals surface area contributed by atoms with Gasteiger partial charge in [0.15, 0.2) is 0 Å². The average molecular weight is 301 g/mol. The summed E-state index contributed by atoms with van der Waals surface area (Å²) in [7, 11) is 0. The van der Waals surface area contributed by atoms with Crippen LogP contribution in [0.15, 0.2) is 48.5 Å². The van der Waals surface area contributed by atoms with Gasteiger partial charge in [-0.15, -0.1) is 0 Å². The lowest BCUT2D eigenvalue weighted by Gasteiger charge is -2.21. The largest absolute Gasteiger partial charge is 0.324 e. The van der Waals surface area contributed by atoms with Crippen molar-refractivity contribution in [1.29, 1.82) is 0 Å². The number of halogens is 1. The quantitative estimate of drug-likeness (QED) is 0.895. The number of hydrogen-bond acceptors (Lipinski definition) is 2. The molecule has 0 fully saturated rings. The second kappa shape index (κ2) is 6.18. The molecule has 3 heteroatoms. The van der Waals surface area contributed by atoms with Crippen molar-refractivity contribution in [2.24, 2.45) is 5.73 Å². The zero-order valence-corrected chi connectivity index (χ0v) is 13.0. The van der Waals surface area contributed by atoms with Crippen LogP contribution in [0, 0.1) is 0 Å². The summed E-state index contributed by atoms with van der Waals surface area (Å²) in [6.45, 7) is 2.20. The average Bonchev–Trinajstić information content (AvgIpc) is 2.79. The number of nitrogens with two attached hydrogens (primary N) is 1. The van der Waals surface area contributed by atoms with Crippen LogP contribution in [0.5, 0.6) is 0 Å². The van der Waals surface area contributed by atoms with Gasteiger partial charge in [0.25, 0.3) is 0 Å². The van der Waals surface area contributed by atoms with E-state index in [1.54, 1.807) is 0 Å². The molecule has 0 spiro atoms. The summed E-state index contributed by atoms with van der Waals surface area (Å²) >= 11 is 6.24. The Hall–Kier alpha value is -1.35. The highest BCUT2D eigenvalue weighted by Crippen LogP contribution is 2.37. The van der Waals surface area contributed by atoms with Crippen molar-refractivity contribution in [2.75, 3.05) is 0 Å². The second-order valence-electron chi connectivity index (χ2n) is 5.89. The molecule has 1 aliphatic carbocycles. The summed E-state index contributed by atoms with van der Waals surface area (Å²) < 4.78 is 0. The molecule has 0 amide bonds. The Kier molecular flexibility index (Phi) is 4.29. The maximum absolute atomic E-state index is 6.24. The topological polar surface area (TPSA) is 38.0 Å². The van der Waals surface area contributed by atoms with Gasteiger partial charge in [-0.25, -0.2) is 0 Å². The van der Waals surface area contributed by atoms with Crippen LogP contribution in [-0.4, -0.2) is 6.04 Å². The monoisotopic (exact) mass is 300 g/mol. The minimum atomic E-state index is 0.145. The van der Waals surface area contributed by atoms with Crippen molar-refractivity contribution in [3.63, 3.8) is 0 Å². The number of rotatable bonds is 4. The van der Waals surface area contributed by atoms with Crippen molar-refractivity contribution in [3.8, 4) is 0 Å². The summed E-state index contributed by atoms with van der Waals surface area (Å²) in [5, 5.41) is 4.54. The summed E-state index contributed by atoms with van der Waals surface area (Å²) in [5.74, 6) is 0. The Morgan fingerprint density at radius 2 is 1.81 bits per heavy atom. The first kappa shape index (κ1) is 14.6. The molecule has 2 aromatic carbocycles. The van der Waals surface area contributed by atoms with Gasteiger partial charge in [-0.1, -0.05) is 54.1 Å². The Labute approximate surface area is 131 Å². The molecule has 0 aromatic heterocycles. The predicted octanol–water partition coefficient (Wildman–Crippen LogP) is 4.01. The zero-order chi connectivity index (χ0) is 14.8. The molecule has 110 valence electrons. The number of benzene rings is 2. The van der Waals surface area contributed by atoms with Gasteiger partial charge in [-0.3, -0.25) is 0 Å². The summed E-state index contributed by atoms with van der Waals surface area (Å²) in [6.07, 6.45) is 1.89. The van der Waals surface area contributed by atoms with Gasteiger partial charge in [-0.05, 0) is 42.5 Å². The van der Waals surface area contributed by atoms with Crippen LogP contribution < -0.4 is 11.1 Å². The second-order valence-corrected chi connectivity index (χ2v) is 6.29. The molecule has 0 saturated carbocycles. The molecule has 2 nitrogen and oxygen atoms in total. The Bertz CT molecular complexity index is 626. The molecule has 0 radical (unpaired) electrons. The molecular formula is C18H21ClN2. The molecule has 3 rings (SSSR count). The van der Waals surface area contributed by atoms with E-state index in [2.05, 4.69) is 42.6 Å². The maximum Gasteiger partial charge on any atom is 0.0438 e. The maximum atomic E-state index is 6.24. The van der Waals surface area contributed by atoms with E-state index < -0.39 is 0 Å². The molecule has 3 atom stereocenters. The van der Waals surface area contributed by atoms with Crippen LogP contribution in [0.1, 0.15) is 42.1 Å². The first-order valence-electron chi connectivity index (χ1n) is 7.49. The summed E-state index contributed by atoms with van der Waals surface area (Å²) in [5.41, 5.74) is 10.0. The fraction of sp³-hybridized carbons (Fsp3) is 0.333. The van der Waals surface area contributed by atoms with Crippen molar-refractivity contribution in [1.82, 2.24) is 5.32 Å². The van der Waals surface area contributed by atoms with E-state index in [0.717, 1.165) is 17.9 Å². The van der Waals surface area contributed by atoms with E-state index in [1.165, 1.54) is 16.7 Å². The van der Waals surface area contributed by atoms with Crippen molar-refractivity contribution >= 4 is 11.6 Å². The van der Waals surface area contributed by atoms with Crippen LogP contribution in [0.2, 0.25) is 5.02 Å². The van der Waals surface area contributed by atoms with E-state index in [4.69, 9.17) is 17.3 Å². The molecule has 0 bridgehead atoms. The van der Waals surface area contributed by atoms with E-state index in [-0.39, 0.29) is 6.04 Å². The third-order valence-corrected chi connectivity index (χ3v) is 4.60. The number of hydrogen-bond donors (Lipinski definition) is 2. The third kappa shape index (κ3) is 3.13. The van der Waals surface area contributed by atoms with E-state index in [9.17, 15) is 0 Å². The molecule has 21 heavy (non-hydrogen) atoms. The Morgan fingerprint density at radius 1 is 1.14 bits per heavy atom. The van der Waals surface area contributed by atoms with Crippen molar-refractivity contribution in [2.45, 2.75) is 37.9 Å². The first-order chi connectivity index (χ1) is 10.1. The molecule has 0 aliphatic heterocycles. The van der Waals surface area contributed by atoms with Crippen LogP contribution in [-0.2, 0) is 6.42 Å². The summed E-state index contributed by atoms with van der Waals surface area (Å²) in [4.78, 5) is 0. The highest BCUT2D eigenvalue weighted by Gasteiger charge is 2.28. The van der Waals surface area contributed by atoms with Gasteiger partial charge in [0.05, 0.1) is 0 Å². The fourth-order valence-electron chi connectivity index (χ4n) is 3.23. The Balaban J connectivity index is 1.69.